The highest BCUT2D eigenvalue weighted by molar-refractivity contribution is 6.33. The monoisotopic (exact) mass is 279 g/mol. The largest absolute Gasteiger partial charge is 0.392 e. The van der Waals surface area contributed by atoms with Gasteiger partial charge in [-0.3, -0.25) is 0 Å². The van der Waals surface area contributed by atoms with Gasteiger partial charge in [0.15, 0.2) is 0 Å². The average molecular weight is 280 g/mol. The molecule has 2 fully saturated rings. The van der Waals surface area contributed by atoms with Crippen LogP contribution >= 0.6 is 11.6 Å². The Labute approximate surface area is 120 Å². The van der Waals surface area contributed by atoms with Gasteiger partial charge < -0.3 is 10.0 Å². The molecule has 0 bridgehead atoms. The van der Waals surface area contributed by atoms with Gasteiger partial charge in [-0.1, -0.05) is 30.5 Å². The number of hydrogen-bond acceptors (Lipinski definition) is 2. The normalized spacial score (nSPS) is 24.3. The van der Waals surface area contributed by atoms with Gasteiger partial charge >= 0.3 is 0 Å². The molecule has 1 heterocycles. The van der Waals surface area contributed by atoms with Gasteiger partial charge in [-0.15, -0.1) is 0 Å². The minimum absolute atomic E-state index is 0.0616. The molecule has 3 heteroatoms. The molecule has 3 rings (SSSR count). The summed E-state index contributed by atoms with van der Waals surface area (Å²) in [7, 11) is 0. The van der Waals surface area contributed by atoms with E-state index in [9.17, 15) is 5.11 Å². The van der Waals surface area contributed by atoms with Crippen molar-refractivity contribution in [1.29, 1.82) is 0 Å². The van der Waals surface area contributed by atoms with Gasteiger partial charge in [0.25, 0.3) is 0 Å². The van der Waals surface area contributed by atoms with Crippen LogP contribution in [0.15, 0.2) is 18.2 Å². The first-order chi connectivity index (χ1) is 9.29. The third kappa shape index (κ3) is 2.61. The molecule has 2 aliphatic rings. The average Bonchev–Trinajstić information content (AvgIpc) is 3.08. The summed E-state index contributed by atoms with van der Waals surface area (Å²) in [6, 6.07) is 6.66. The van der Waals surface area contributed by atoms with Crippen LogP contribution in [0.2, 0.25) is 5.02 Å². The van der Waals surface area contributed by atoms with Crippen LogP contribution in [-0.2, 0) is 6.61 Å². The summed E-state index contributed by atoms with van der Waals surface area (Å²) in [5.74, 6) is 0.857. The summed E-state index contributed by atoms with van der Waals surface area (Å²) < 4.78 is 0. The number of nitrogens with zero attached hydrogens (tertiary/aromatic N) is 1. The van der Waals surface area contributed by atoms with Gasteiger partial charge in [-0.05, 0) is 49.3 Å². The number of aliphatic hydroxyl groups is 1. The predicted molar refractivity (Wildman–Crippen MR) is 79.7 cm³/mol. The Morgan fingerprint density at radius 2 is 1.95 bits per heavy atom. The lowest BCUT2D eigenvalue weighted by Crippen LogP contribution is -2.34. The van der Waals surface area contributed by atoms with Crippen LogP contribution in [0, 0.1) is 5.92 Å². The summed E-state index contributed by atoms with van der Waals surface area (Å²) in [4.78, 5) is 2.51. The molecule has 2 nitrogen and oxygen atoms in total. The first-order valence-corrected chi connectivity index (χ1v) is 7.83. The van der Waals surface area contributed by atoms with Crippen molar-refractivity contribution >= 4 is 17.3 Å². The highest BCUT2D eigenvalue weighted by atomic mass is 35.5. The summed E-state index contributed by atoms with van der Waals surface area (Å²) in [5.41, 5.74) is 2.05. The Morgan fingerprint density at radius 1 is 1.16 bits per heavy atom. The molecular formula is C16H22ClNO. The molecule has 1 saturated carbocycles. The Morgan fingerprint density at radius 3 is 2.63 bits per heavy atom. The first kappa shape index (κ1) is 13.3. The molecule has 1 saturated heterocycles. The zero-order valence-electron chi connectivity index (χ0n) is 11.3. The molecule has 1 aliphatic carbocycles. The van der Waals surface area contributed by atoms with Crippen LogP contribution in [0.4, 0.5) is 5.69 Å². The molecule has 0 aromatic heterocycles. The lowest BCUT2D eigenvalue weighted by Gasteiger charge is -2.32. The third-order valence-electron chi connectivity index (χ3n) is 4.75. The Bertz CT molecular complexity index is 442. The summed E-state index contributed by atoms with van der Waals surface area (Å²) >= 11 is 6.41. The Balaban J connectivity index is 1.83. The molecular weight excluding hydrogens is 258 g/mol. The van der Waals surface area contributed by atoms with Crippen LogP contribution in [0.1, 0.15) is 44.1 Å². The lowest BCUT2D eigenvalue weighted by molar-refractivity contribution is 0.282. The maximum absolute atomic E-state index is 9.17. The van der Waals surface area contributed by atoms with E-state index in [4.69, 9.17) is 11.6 Å². The quantitative estimate of drug-likeness (QED) is 0.904. The highest BCUT2D eigenvalue weighted by Gasteiger charge is 2.34. The smallest absolute Gasteiger partial charge is 0.0682 e. The minimum Gasteiger partial charge on any atom is -0.392 e. The SMILES string of the molecule is OCc1ccc(N2CCCC2C2CCCC2)c(Cl)c1. The van der Waals surface area contributed by atoms with Crippen molar-refractivity contribution < 1.29 is 5.11 Å². The van der Waals surface area contributed by atoms with Crippen LogP contribution in [0.3, 0.4) is 0 Å². The van der Waals surface area contributed by atoms with E-state index in [1.807, 2.05) is 12.1 Å². The van der Waals surface area contributed by atoms with Gasteiger partial charge in [0.2, 0.25) is 0 Å². The van der Waals surface area contributed by atoms with Gasteiger partial charge in [0, 0.05) is 12.6 Å². The number of rotatable bonds is 3. The second-order valence-corrected chi connectivity index (χ2v) is 6.30. The van der Waals surface area contributed by atoms with E-state index in [-0.39, 0.29) is 6.61 Å². The van der Waals surface area contributed by atoms with Crippen molar-refractivity contribution in [3.8, 4) is 0 Å². The fourth-order valence-electron chi connectivity index (χ4n) is 3.81. The molecule has 104 valence electrons. The Kier molecular flexibility index (Phi) is 3.99. The topological polar surface area (TPSA) is 23.5 Å². The number of halogens is 1. The van der Waals surface area contributed by atoms with E-state index in [0.29, 0.717) is 6.04 Å². The molecule has 1 N–H and O–H groups in total. The molecule has 0 spiro atoms. The van der Waals surface area contributed by atoms with E-state index < -0.39 is 0 Å². The summed E-state index contributed by atoms with van der Waals surface area (Å²) in [6.07, 6.45) is 8.14. The van der Waals surface area contributed by atoms with Gasteiger partial charge in [-0.2, -0.15) is 0 Å². The van der Waals surface area contributed by atoms with Gasteiger partial charge in [0.05, 0.1) is 17.3 Å². The van der Waals surface area contributed by atoms with Crippen molar-refractivity contribution in [2.24, 2.45) is 5.92 Å². The number of benzene rings is 1. The second kappa shape index (κ2) is 5.72. The maximum Gasteiger partial charge on any atom is 0.0682 e. The van der Waals surface area contributed by atoms with Crippen molar-refractivity contribution in [3.63, 3.8) is 0 Å². The van der Waals surface area contributed by atoms with Crippen molar-refractivity contribution in [2.75, 3.05) is 11.4 Å². The van der Waals surface area contributed by atoms with E-state index in [0.717, 1.165) is 28.7 Å². The molecule has 1 aliphatic heterocycles. The van der Waals surface area contributed by atoms with Crippen LogP contribution < -0.4 is 4.90 Å². The standard InChI is InChI=1S/C16H22ClNO/c17-14-10-12(11-19)7-8-16(14)18-9-3-6-15(18)13-4-1-2-5-13/h7-8,10,13,15,19H,1-6,9,11H2. The van der Waals surface area contributed by atoms with Crippen LogP contribution in [-0.4, -0.2) is 17.7 Å². The zero-order chi connectivity index (χ0) is 13.2. The molecule has 1 aromatic rings. The molecule has 0 radical (unpaired) electrons. The van der Waals surface area contributed by atoms with E-state index in [1.54, 1.807) is 0 Å². The lowest BCUT2D eigenvalue weighted by atomic mass is 9.95. The van der Waals surface area contributed by atoms with E-state index >= 15 is 0 Å². The molecule has 1 unspecified atom stereocenters. The third-order valence-corrected chi connectivity index (χ3v) is 5.05. The zero-order valence-corrected chi connectivity index (χ0v) is 12.1. The number of aliphatic hydroxyl groups excluding tert-OH is 1. The maximum atomic E-state index is 9.17. The molecule has 1 aromatic carbocycles. The molecule has 19 heavy (non-hydrogen) atoms. The van der Waals surface area contributed by atoms with Crippen LogP contribution in [0.25, 0.3) is 0 Å². The molecule has 1 atom stereocenters. The van der Waals surface area contributed by atoms with E-state index in [2.05, 4.69) is 11.0 Å². The van der Waals surface area contributed by atoms with Crippen molar-refractivity contribution in [3.05, 3.63) is 28.8 Å². The van der Waals surface area contributed by atoms with Gasteiger partial charge in [-0.25, -0.2) is 0 Å². The van der Waals surface area contributed by atoms with Crippen molar-refractivity contribution in [2.45, 2.75) is 51.2 Å². The fourth-order valence-corrected chi connectivity index (χ4v) is 4.12. The minimum atomic E-state index is 0.0616. The number of hydrogen-bond donors (Lipinski definition) is 1. The van der Waals surface area contributed by atoms with E-state index in [1.165, 1.54) is 38.5 Å². The Hall–Kier alpha value is -0.730. The highest BCUT2D eigenvalue weighted by Crippen LogP contribution is 2.40. The number of anilines is 1. The second-order valence-electron chi connectivity index (χ2n) is 5.89. The van der Waals surface area contributed by atoms with Crippen molar-refractivity contribution in [1.82, 2.24) is 0 Å². The predicted octanol–water partition coefficient (Wildman–Crippen LogP) is 3.99. The van der Waals surface area contributed by atoms with Gasteiger partial charge in [0.1, 0.15) is 0 Å². The summed E-state index contributed by atoms with van der Waals surface area (Å²) in [6.45, 7) is 1.19. The first-order valence-electron chi connectivity index (χ1n) is 7.45. The fraction of sp³-hybridized carbons (Fsp3) is 0.625. The molecule has 0 amide bonds. The van der Waals surface area contributed by atoms with Crippen LogP contribution in [0.5, 0.6) is 0 Å². The summed E-state index contributed by atoms with van der Waals surface area (Å²) in [5, 5.41) is 9.96.